The van der Waals surface area contributed by atoms with Gasteiger partial charge in [-0.25, -0.2) is 9.78 Å². The van der Waals surface area contributed by atoms with Crippen LogP contribution in [0.15, 0.2) is 12.3 Å². The van der Waals surface area contributed by atoms with Crippen molar-refractivity contribution in [3.63, 3.8) is 0 Å². The summed E-state index contributed by atoms with van der Waals surface area (Å²) in [6, 6.07) is 0.502. The number of likely N-dealkylation sites (N-methyl/N-ethyl adjacent to an activating group) is 1. The van der Waals surface area contributed by atoms with Crippen molar-refractivity contribution in [2.75, 3.05) is 12.4 Å². The fraction of sp³-hybridized carbons (Fsp3) is 0.273. The van der Waals surface area contributed by atoms with Crippen LogP contribution in [0.2, 0.25) is 5.02 Å². The van der Waals surface area contributed by atoms with E-state index in [1.165, 1.54) is 13.1 Å². The predicted molar refractivity (Wildman–Crippen MR) is 66.0 cm³/mol. The number of halogens is 1. The van der Waals surface area contributed by atoms with Gasteiger partial charge in [0.05, 0.1) is 17.0 Å². The van der Waals surface area contributed by atoms with E-state index in [-0.39, 0.29) is 34.6 Å². The van der Waals surface area contributed by atoms with E-state index in [9.17, 15) is 14.4 Å². The number of hydrogen-bond acceptors (Lipinski definition) is 5. The second kappa shape index (κ2) is 4.85. The molecule has 2 amide bonds. The van der Waals surface area contributed by atoms with E-state index in [4.69, 9.17) is 16.7 Å². The van der Waals surface area contributed by atoms with E-state index in [0.29, 0.717) is 0 Å². The molecule has 1 atom stereocenters. The Morgan fingerprint density at radius 2 is 2.26 bits per heavy atom. The largest absolute Gasteiger partial charge is 0.478 e. The zero-order valence-corrected chi connectivity index (χ0v) is 10.6. The van der Waals surface area contributed by atoms with E-state index in [0.717, 1.165) is 11.1 Å². The maximum Gasteiger partial charge on any atom is 0.337 e. The molecule has 1 aliphatic heterocycles. The third-order valence-electron chi connectivity index (χ3n) is 2.78. The molecule has 1 saturated heterocycles. The minimum absolute atomic E-state index is 0.0218. The van der Waals surface area contributed by atoms with Gasteiger partial charge in [-0.3, -0.25) is 14.5 Å². The highest BCUT2D eigenvalue weighted by Crippen LogP contribution is 2.23. The first kappa shape index (κ1) is 13.3. The molecule has 100 valence electrons. The van der Waals surface area contributed by atoms with E-state index >= 15 is 0 Å². The molecule has 2 N–H and O–H groups in total. The van der Waals surface area contributed by atoms with Crippen LogP contribution in [0.25, 0.3) is 0 Å². The summed E-state index contributed by atoms with van der Waals surface area (Å²) in [6.07, 6.45) is 1.15. The highest BCUT2D eigenvalue weighted by molar-refractivity contribution is 6.33. The molecule has 7 nitrogen and oxygen atoms in total. The van der Waals surface area contributed by atoms with Crippen molar-refractivity contribution in [3.05, 3.63) is 22.8 Å². The van der Waals surface area contributed by atoms with Crippen LogP contribution in [-0.2, 0) is 9.59 Å². The van der Waals surface area contributed by atoms with Crippen LogP contribution in [0.4, 0.5) is 5.82 Å². The summed E-state index contributed by atoms with van der Waals surface area (Å²) in [5.74, 6) is -1.63. The maximum absolute atomic E-state index is 11.7. The van der Waals surface area contributed by atoms with Crippen molar-refractivity contribution in [2.45, 2.75) is 12.5 Å². The molecule has 0 saturated carbocycles. The first-order chi connectivity index (χ1) is 8.90. The number of carbonyl (C=O) groups excluding carboxylic acids is 2. The Hall–Kier alpha value is -2.15. The molecule has 2 rings (SSSR count). The first-order valence-electron chi connectivity index (χ1n) is 5.36. The number of hydrogen-bond donors (Lipinski definition) is 2. The van der Waals surface area contributed by atoms with Crippen molar-refractivity contribution in [1.29, 1.82) is 0 Å². The zero-order valence-electron chi connectivity index (χ0n) is 9.88. The quantitative estimate of drug-likeness (QED) is 0.788. The van der Waals surface area contributed by atoms with Crippen molar-refractivity contribution in [1.82, 2.24) is 9.88 Å². The van der Waals surface area contributed by atoms with Gasteiger partial charge in [0.1, 0.15) is 11.9 Å². The van der Waals surface area contributed by atoms with Gasteiger partial charge in [-0.05, 0) is 6.07 Å². The Kier molecular flexibility index (Phi) is 3.39. The summed E-state index contributed by atoms with van der Waals surface area (Å²) in [5.41, 5.74) is -0.0542. The number of amides is 2. The monoisotopic (exact) mass is 283 g/mol. The molecule has 1 unspecified atom stereocenters. The molecule has 19 heavy (non-hydrogen) atoms. The van der Waals surface area contributed by atoms with Gasteiger partial charge in [0.25, 0.3) is 5.91 Å². The lowest BCUT2D eigenvalue weighted by Gasteiger charge is -2.12. The van der Waals surface area contributed by atoms with Crippen molar-refractivity contribution in [3.8, 4) is 0 Å². The standard InChI is InChI=1S/C11H10ClN3O4/c1-15-8(16)3-7(10(15)17)14-9-6(12)2-5(4-13-9)11(18)19/h2,4,7H,3H2,1H3,(H,13,14)(H,18,19). The fourth-order valence-electron chi connectivity index (χ4n) is 1.69. The van der Waals surface area contributed by atoms with Gasteiger partial charge >= 0.3 is 5.97 Å². The normalized spacial score (nSPS) is 18.8. The number of aromatic carboxylic acids is 1. The maximum atomic E-state index is 11.7. The Balaban J connectivity index is 2.19. The number of rotatable bonds is 3. The van der Waals surface area contributed by atoms with Crippen LogP contribution in [0.1, 0.15) is 16.8 Å². The molecular weight excluding hydrogens is 274 g/mol. The predicted octanol–water partition coefficient (Wildman–Crippen LogP) is 0.602. The highest BCUT2D eigenvalue weighted by atomic mass is 35.5. The first-order valence-corrected chi connectivity index (χ1v) is 5.73. The third kappa shape index (κ3) is 2.50. The van der Waals surface area contributed by atoms with Gasteiger partial charge in [-0.2, -0.15) is 0 Å². The van der Waals surface area contributed by atoms with Crippen LogP contribution in [0, 0.1) is 0 Å². The van der Waals surface area contributed by atoms with Gasteiger partial charge < -0.3 is 10.4 Å². The molecule has 0 spiro atoms. The Bertz CT molecular complexity index is 575. The number of carboxylic acids is 1. The Labute approximate surface area is 113 Å². The summed E-state index contributed by atoms with van der Waals surface area (Å²) in [6.45, 7) is 0. The molecule has 1 fully saturated rings. The molecular formula is C11H10ClN3O4. The minimum atomic E-state index is -1.15. The number of pyridine rings is 1. The van der Waals surface area contributed by atoms with Gasteiger partial charge in [-0.1, -0.05) is 11.6 Å². The third-order valence-corrected chi connectivity index (χ3v) is 3.07. The van der Waals surface area contributed by atoms with Crippen LogP contribution in [0.5, 0.6) is 0 Å². The average Bonchev–Trinajstić information content (AvgIpc) is 2.59. The molecule has 1 aromatic heterocycles. The van der Waals surface area contributed by atoms with E-state index in [1.807, 2.05) is 0 Å². The van der Waals surface area contributed by atoms with Crippen LogP contribution < -0.4 is 5.32 Å². The average molecular weight is 284 g/mol. The number of likely N-dealkylation sites (tertiary alicyclic amines) is 1. The molecule has 0 bridgehead atoms. The van der Waals surface area contributed by atoms with Crippen LogP contribution >= 0.6 is 11.6 Å². The number of aromatic nitrogens is 1. The van der Waals surface area contributed by atoms with Crippen LogP contribution in [0.3, 0.4) is 0 Å². The summed E-state index contributed by atoms with van der Waals surface area (Å²) in [4.78, 5) is 38.6. The summed E-state index contributed by atoms with van der Waals surface area (Å²) >= 11 is 5.87. The molecule has 2 heterocycles. The second-order valence-electron chi connectivity index (χ2n) is 4.05. The number of nitrogens with one attached hydrogen (secondary N) is 1. The Morgan fingerprint density at radius 3 is 2.74 bits per heavy atom. The van der Waals surface area contributed by atoms with Crippen LogP contribution in [-0.4, -0.2) is 45.9 Å². The molecule has 0 radical (unpaired) electrons. The number of anilines is 1. The van der Waals surface area contributed by atoms with E-state index in [2.05, 4.69) is 10.3 Å². The zero-order chi connectivity index (χ0) is 14.2. The fourth-order valence-corrected chi connectivity index (χ4v) is 1.92. The van der Waals surface area contributed by atoms with Gasteiger partial charge in [0, 0.05) is 13.2 Å². The molecule has 1 aromatic rings. The van der Waals surface area contributed by atoms with Crippen molar-refractivity contribution >= 4 is 35.2 Å². The lowest BCUT2D eigenvalue weighted by Crippen LogP contribution is -2.32. The number of carboxylic acid groups (broad SMARTS) is 1. The molecule has 0 aromatic carbocycles. The Morgan fingerprint density at radius 1 is 1.58 bits per heavy atom. The lowest BCUT2D eigenvalue weighted by atomic mass is 10.2. The van der Waals surface area contributed by atoms with E-state index in [1.54, 1.807) is 0 Å². The second-order valence-corrected chi connectivity index (χ2v) is 4.46. The minimum Gasteiger partial charge on any atom is -0.478 e. The van der Waals surface area contributed by atoms with Gasteiger partial charge in [-0.15, -0.1) is 0 Å². The number of imide groups is 1. The van der Waals surface area contributed by atoms with Gasteiger partial charge in [0.15, 0.2) is 0 Å². The topological polar surface area (TPSA) is 99.6 Å². The lowest BCUT2D eigenvalue weighted by molar-refractivity contribution is -0.136. The van der Waals surface area contributed by atoms with Gasteiger partial charge in [0.2, 0.25) is 5.91 Å². The molecule has 0 aliphatic carbocycles. The van der Waals surface area contributed by atoms with E-state index < -0.39 is 12.0 Å². The summed E-state index contributed by atoms with van der Waals surface area (Å²) < 4.78 is 0. The smallest absolute Gasteiger partial charge is 0.337 e. The number of nitrogens with zero attached hydrogens (tertiary/aromatic N) is 2. The van der Waals surface area contributed by atoms with Crippen molar-refractivity contribution < 1.29 is 19.5 Å². The summed E-state index contributed by atoms with van der Waals surface area (Å²) in [5, 5.41) is 11.6. The number of carbonyl (C=O) groups is 3. The van der Waals surface area contributed by atoms with Crippen molar-refractivity contribution in [2.24, 2.45) is 0 Å². The highest BCUT2D eigenvalue weighted by Gasteiger charge is 2.36. The summed E-state index contributed by atoms with van der Waals surface area (Å²) in [7, 11) is 1.40. The SMILES string of the molecule is CN1C(=O)CC(Nc2ncc(C(=O)O)cc2Cl)C1=O. The molecule has 1 aliphatic rings. The molecule has 8 heteroatoms.